The van der Waals surface area contributed by atoms with Crippen molar-refractivity contribution in [3.05, 3.63) is 42.0 Å². The highest BCUT2D eigenvalue weighted by atomic mass is 16.7. The van der Waals surface area contributed by atoms with Crippen molar-refractivity contribution in [2.24, 2.45) is 5.92 Å². The lowest BCUT2D eigenvalue weighted by Crippen LogP contribution is -2.36. The van der Waals surface area contributed by atoms with Gasteiger partial charge in [0.25, 0.3) is 5.91 Å². The topological polar surface area (TPSA) is 76.2 Å². The highest BCUT2D eigenvalue weighted by molar-refractivity contribution is 5.94. The second kappa shape index (κ2) is 10.5. The van der Waals surface area contributed by atoms with E-state index in [2.05, 4.69) is 0 Å². The van der Waals surface area contributed by atoms with Crippen molar-refractivity contribution < 1.29 is 23.9 Å². The van der Waals surface area contributed by atoms with E-state index in [1.165, 1.54) is 0 Å². The molecule has 1 aliphatic heterocycles. The third-order valence-electron chi connectivity index (χ3n) is 4.28. The molecule has 1 aromatic carbocycles. The number of hydrogen-bond acceptors (Lipinski definition) is 5. The van der Waals surface area contributed by atoms with Crippen LogP contribution in [-0.4, -0.2) is 60.6 Å². The number of carbonyl (C=O) groups is 3. The molecule has 28 heavy (non-hydrogen) atoms. The van der Waals surface area contributed by atoms with Crippen LogP contribution in [0.3, 0.4) is 0 Å². The lowest BCUT2D eigenvalue weighted by Gasteiger charge is -2.21. The molecule has 0 atom stereocenters. The van der Waals surface area contributed by atoms with E-state index >= 15 is 0 Å². The average Bonchev–Trinajstić information content (AvgIpc) is 2.92. The van der Waals surface area contributed by atoms with Gasteiger partial charge in [0.05, 0.1) is 6.61 Å². The third kappa shape index (κ3) is 6.40. The monoisotopic (exact) mass is 388 g/mol. The fourth-order valence-electron chi connectivity index (χ4n) is 2.81. The number of rotatable bonds is 5. The Bertz CT molecular complexity index is 712. The second-order valence-corrected chi connectivity index (χ2v) is 6.88. The van der Waals surface area contributed by atoms with Crippen molar-refractivity contribution in [2.75, 3.05) is 32.8 Å². The Labute approximate surface area is 165 Å². The van der Waals surface area contributed by atoms with Crippen molar-refractivity contribution in [3.8, 4) is 5.75 Å². The zero-order valence-corrected chi connectivity index (χ0v) is 16.7. The molecule has 0 aliphatic carbocycles. The molecule has 0 aromatic heterocycles. The van der Waals surface area contributed by atoms with Crippen LogP contribution in [0.15, 0.2) is 36.4 Å². The predicted octanol–water partition coefficient (Wildman–Crippen LogP) is 3.11. The molecule has 152 valence electrons. The van der Waals surface area contributed by atoms with Gasteiger partial charge in [-0.1, -0.05) is 19.9 Å². The summed E-state index contributed by atoms with van der Waals surface area (Å²) in [4.78, 5) is 39.9. The molecule has 2 rings (SSSR count). The molecule has 0 bridgehead atoms. The van der Waals surface area contributed by atoms with Gasteiger partial charge >= 0.3 is 6.16 Å². The van der Waals surface area contributed by atoms with Crippen molar-refractivity contribution in [2.45, 2.75) is 27.2 Å². The van der Waals surface area contributed by atoms with Gasteiger partial charge in [0.1, 0.15) is 5.75 Å². The number of amides is 2. The minimum absolute atomic E-state index is 0.0107. The SMILES string of the molecule is CCOC(=O)Oc1ccc(C(=O)N2CCCN(C(=O)/C=C/C(C)C)CC2)cc1. The van der Waals surface area contributed by atoms with E-state index in [-0.39, 0.29) is 18.4 Å². The Morgan fingerprint density at radius 2 is 1.68 bits per heavy atom. The quantitative estimate of drug-likeness (QED) is 0.440. The normalized spacial score (nSPS) is 14.9. The summed E-state index contributed by atoms with van der Waals surface area (Å²) in [5.41, 5.74) is 0.510. The molecule has 0 saturated carbocycles. The maximum Gasteiger partial charge on any atom is 0.513 e. The molecular formula is C21H28N2O5. The third-order valence-corrected chi connectivity index (χ3v) is 4.28. The van der Waals surface area contributed by atoms with E-state index < -0.39 is 6.16 Å². The van der Waals surface area contributed by atoms with Crippen LogP contribution in [0.25, 0.3) is 0 Å². The maximum atomic E-state index is 12.8. The molecule has 0 unspecified atom stereocenters. The Morgan fingerprint density at radius 1 is 1.04 bits per heavy atom. The molecular weight excluding hydrogens is 360 g/mol. The molecule has 0 N–H and O–H groups in total. The smallest absolute Gasteiger partial charge is 0.434 e. The number of benzene rings is 1. The van der Waals surface area contributed by atoms with E-state index in [1.807, 2.05) is 19.9 Å². The first-order chi connectivity index (χ1) is 13.4. The predicted molar refractivity (Wildman–Crippen MR) is 105 cm³/mol. The average molecular weight is 388 g/mol. The standard InChI is InChI=1S/C21H28N2O5/c1-4-27-21(26)28-18-9-7-17(8-10-18)20(25)23-13-5-12-22(14-15-23)19(24)11-6-16(2)3/h6-11,16H,4-5,12-15H2,1-3H3/b11-6+. The number of hydrogen-bond donors (Lipinski definition) is 0. The van der Waals surface area contributed by atoms with Gasteiger partial charge in [0.2, 0.25) is 5.91 Å². The molecule has 0 radical (unpaired) electrons. The van der Waals surface area contributed by atoms with Gasteiger partial charge in [-0.25, -0.2) is 4.79 Å². The first-order valence-corrected chi connectivity index (χ1v) is 9.61. The minimum atomic E-state index is -0.773. The summed E-state index contributed by atoms with van der Waals surface area (Å²) >= 11 is 0. The first kappa shape index (κ1) is 21.5. The molecule has 1 aromatic rings. The molecule has 2 amide bonds. The van der Waals surface area contributed by atoms with Gasteiger partial charge in [-0.3, -0.25) is 9.59 Å². The van der Waals surface area contributed by atoms with Gasteiger partial charge in [-0.2, -0.15) is 0 Å². The summed E-state index contributed by atoms with van der Waals surface area (Å²) in [6.07, 6.45) is 3.46. The van der Waals surface area contributed by atoms with Crippen LogP contribution in [-0.2, 0) is 9.53 Å². The number of carbonyl (C=O) groups excluding carboxylic acids is 3. The van der Waals surface area contributed by atoms with Gasteiger partial charge < -0.3 is 19.3 Å². The number of nitrogens with zero attached hydrogens (tertiary/aromatic N) is 2. The highest BCUT2D eigenvalue weighted by Crippen LogP contribution is 2.16. The Kier molecular flexibility index (Phi) is 8.04. The Balaban J connectivity index is 1.93. The number of allylic oxidation sites excluding steroid dienone is 1. The molecule has 1 aliphatic rings. The zero-order valence-electron chi connectivity index (χ0n) is 16.7. The van der Waals surface area contributed by atoms with Crippen LogP contribution >= 0.6 is 0 Å². The Hall–Kier alpha value is -2.83. The summed E-state index contributed by atoms with van der Waals surface area (Å²) < 4.78 is 9.72. The van der Waals surface area contributed by atoms with E-state index in [1.54, 1.807) is 47.1 Å². The van der Waals surface area contributed by atoms with Gasteiger partial charge in [0, 0.05) is 31.7 Å². The Morgan fingerprint density at radius 3 is 2.32 bits per heavy atom. The fraction of sp³-hybridized carbons (Fsp3) is 0.476. The van der Waals surface area contributed by atoms with E-state index in [0.717, 1.165) is 6.42 Å². The van der Waals surface area contributed by atoms with Gasteiger partial charge in [-0.05, 0) is 49.6 Å². The number of ether oxygens (including phenoxy) is 2. The van der Waals surface area contributed by atoms with Crippen LogP contribution in [0.2, 0.25) is 0 Å². The van der Waals surface area contributed by atoms with Gasteiger partial charge in [-0.15, -0.1) is 0 Å². The van der Waals surface area contributed by atoms with Crippen molar-refractivity contribution in [1.29, 1.82) is 0 Å². The molecule has 7 nitrogen and oxygen atoms in total. The maximum absolute atomic E-state index is 12.8. The highest BCUT2D eigenvalue weighted by Gasteiger charge is 2.22. The molecule has 1 saturated heterocycles. The van der Waals surface area contributed by atoms with Crippen molar-refractivity contribution in [3.63, 3.8) is 0 Å². The summed E-state index contributed by atoms with van der Waals surface area (Å²) in [7, 11) is 0. The summed E-state index contributed by atoms with van der Waals surface area (Å²) in [5.74, 6) is 0.530. The molecule has 0 spiro atoms. The van der Waals surface area contributed by atoms with E-state index in [0.29, 0.717) is 43.4 Å². The fourth-order valence-corrected chi connectivity index (χ4v) is 2.81. The van der Waals surface area contributed by atoms with Crippen LogP contribution in [0.4, 0.5) is 4.79 Å². The van der Waals surface area contributed by atoms with Crippen LogP contribution in [0, 0.1) is 5.92 Å². The van der Waals surface area contributed by atoms with E-state index in [4.69, 9.17) is 9.47 Å². The first-order valence-electron chi connectivity index (χ1n) is 9.61. The van der Waals surface area contributed by atoms with Crippen molar-refractivity contribution >= 4 is 18.0 Å². The molecule has 7 heteroatoms. The largest absolute Gasteiger partial charge is 0.513 e. The van der Waals surface area contributed by atoms with Crippen LogP contribution < -0.4 is 4.74 Å². The zero-order chi connectivity index (χ0) is 20.5. The van der Waals surface area contributed by atoms with Crippen LogP contribution in [0.1, 0.15) is 37.6 Å². The van der Waals surface area contributed by atoms with E-state index in [9.17, 15) is 14.4 Å². The summed E-state index contributed by atoms with van der Waals surface area (Å²) in [6.45, 7) is 8.20. The molecule has 1 heterocycles. The van der Waals surface area contributed by atoms with Crippen LogP contribution in [0.5, 0.6) is 5.75 Å². The minimum Gasteiger partial charge on any atom is -0.434 e. The lowest BCUT2D eigenvalue weighted by molar-refractivity contribution is -0.125. The molecule has 1 fully saturated rings. The lowest BCUT2D eigenvalue weighted by atomic mass is 10.2. The van der Waals surface area contributed by atoms with Gasteiger partial charge in [0.15, 0.2) is 0 Å². The second-order valence-electron chi connectivity index (χ2n) is 6.88. The van der Waals surface area contributed by atoms with Crippen molar-refractivity contribution in [1.82, 2.24) is 9.80 Å². The summed E-state index contributed by atoms with van der Waals surface area (Å²) in [5, 5.41) is 0. The summed E-state index contributed by atoms with van der Waals surface area (Å²) in [6, 6.07) is 6.37.